The van der Waals surface area contributed by atoms with Crippen LogP contribution in [0.2, 0.25) is 0 Å². The number of hydrogen-bond donors (Lipinski definition) is 1. The Balaban J connectivity index is 1.94. The predicted octanol–water partition coefficient (Wildman–Crippen LogP) is 3.91. The van der Waals surface area contributed by atoms with Gasteiger partial charge in [-0.25, -0.2) is 4.39 Å². The molecule has 0 radical (unpaired) electrons. The second-order valence-corrected chi connectivity index (χ2v) is 6.65. The quantitative estimate of drug-likeness (QED) is 0.885. The highest BCUT2D eigenvalue weighted by Gasteiger charge is 2.23. The highest BCUT2D eigenvalue weighted by atomic mass is 19.1. The molecule has 0 aliphatic carbocycles. The van der Waals surface area contributed by atoms with Crippen LogP contribution in [0.3, 0.4) is 0 Å². The number of benzene rings is 1. The fraction of sp³-hybridized carbons (Fsp3) is 0.667. The van der Waals surface area contributed by atoms with Gasteiger partial charge in [-0.3, -0.25) is 0 Å². The summed E-state index contributed by atoms with van der Waals surface area (Å²) in [5.41, 5.74) is 1.77. The average Bonchev–Trinajstić information content (AvgIpc) is 2.45. The second kappa shape index (κ2) is 7.37. The molecule has 1 aromatic rings. The molecule has 0 amide bonds. The number of hydrogen-bond acceptors (Lipinski definition) is 2. The Bertz CT molecular complexity index is 461. The van der Waals surface area contributed by atoms with Crippen LogP contribution in [-0.2, 0) is 0 Å². The Morgan fingerprint density at radius 2 is 2.14 bits per heavy atom. The Morgan fingerprint density at radius 3 is 2.76 bits per heavy atom. The van der Waals surface area contributed by atoms with Gasteiger partial charge < -0.3 is 10.2 Å². The van der Waals surface area contributed by atoms with Crippen molar-refractivity contribution in [2.45, 2.75) is 52.1 Å². The first-order valence-electron chi connectivity index (χ1n) is 8.18. The third-order valence-electron chi connectivity index (χ3n) is 4.93. The van der Waals surface area contributed by atoms with Crippen LogP contribution >= 0.6 is 0 Å². The lowest BCUT2D eigenvalue weighted by molar-refractivity contribution is 0.124. The van der Waals surface area contributed by atoms with Crippen LogP contribution in [0, 0.1) is 18.7 Å². The molecule has 3 unspecified atom stereocenters. The highest BCUT2D eigenvalue weighted by Crippen LogP contribution is 2.25. The van der Waals surface area contributed by atoms with Gasteiger partial charge in [0, 0.05) is 18.6 Å². The molecule has 1 aliphatic heterocycles. The lowest BCUT2D eigenvalue weighted by atomic mass is 9.92. The van der Waals surface area contributed by atoms with Crippen molar-refractivity contribution in [3.8, 4) is 0 Å². The third kappa shape index (κ3) is 4.27. The minimum Gasteiger partial charge on any atom is -0.313 e. The summed E-state index contributed by atoms with van der Waals surface area (Å²) in [6.45, 7) is 8.76. The maximum Gasteiger partial charge on any atom is 0.126 e. The maximum absolute atomic E-state index is 13.7. The molecule has 0 spiro atoms. The minimum atomic E-state index is -0.104. The van der Waals surface area contributed by atoms with Crippen LogP contribution < -0.4 is 5.32 Å². The Hall–Kier alpha value is -0.930. The number of aryl methyl sites for hydroxylation is 1. The van der Waals surface area contributed by atoms with Crippen molar-refractivity contribution in [2.75, 3.05) is 20.1 Å². The number of likely N-dealkylation sites (tertiary alicyclic amines) is 1. The smallest absolute Gasteiger partial charge is 0.126 e. The van der Waals surface area contributed by atoms with E-state index in [1.54, 1.807) is 6.07 Å². The summed E-state index contributed by atoms with van der Waals surface area (Å²) < 4.78 is 13.7. The van der Waals surface area contributed by atoms with Crippen molar-refractivity contribution in [2.24, 2.45) is 5.92 Å². The van der Waals surface area contributed by atoms with Crippen molar-refractivity contribution < 1.29 is 4.39 Å². The molecule has 1 saturated heterocycles. The van der Waals surface area contributed by atoms with E-state index in [0.29, 0.717) is 11.6 Å². The van der Waals surface area contributed by atoms with Crippen molar-refractivity contribution in [1.82, 2.24) is 10.2 Å². The number of rotatable bonds is 5. The van der Waals surface area contributed by atoms with Crippen LogP contribution in [0.4, 0.5) is 4.39 Å². The van der Waals surface area contributed by atoms with E-state index in [0.717, 1.165) is 24.4 Å². The van der Waals surface area contributed by atoms with E-state index >= 15 is 0 Å². The van der Waals surface area contributed by atoms with E-state index in [2.05, 4.69) is 24.1 Å². The number of halogens is 1. The Morgan fingerprint density at radius 1 is 1.38 bits per heavy atom. The fourth-order valence-corrected chi connectivity index (χ4v) is 3.39. The van der Waals surface area contributed by atoms with Gasteiger partial charge in [0.1, 0.15) is 5.82 Å². The molecule has 3 heteroatoms. The van der Waals surface area contributed by atoms with Crippen LogP contribution in [0.5, 0.6) is 0 Å². The van der Waals surface area contributed by atoms with E-state index in [1.807, 2.05) is 26.1 Å². The zero-order chi connectivity index (χ0) is 15.4. The maximum atomic E-state index is 13.7. The fourth-order valence-electron chi connectivity index (χ4n) is 3.39. The summed E-state index contributed by atoms with van der Waals surface area (Å²) >= 11 is 0. The molecule has 21 heavy (non-hydrogen) atoms. The molecule has 3 atom stereocenters. The van der Waals surface area contributed by atoms with Gasteiger partial charge in [0.05, 0.1) is 0 Å². The van der Waals surface area contributed by atoms with Crippen molar-refractivity contribution in [3.63, 3.8) is 0 Å². The van der Waals surface area contributed by atoms with Gasteiger partial charge in [-0.1, -0.05) is 19.1 Å². The normalized spacial score (nSPS) is 25.0. The monoisotopic (exact) mass is 292 g/mol. The van der Waals surface area contributed by atoms with Crippen LogP contribution in [0.1, 0.15) is 50.3 Å². The van der Waals surface area contributed by atoms with E-state index < -0.39 is 0 Å². The van der Waals surface area contributed by atoms with Gasteiger partial charge in [0.25, 0.3) is 0 Å². The molecule has 1 N–H and O–H groups in total. The average molecular weight is 292 g/mol. The Labute approximate surface area is 128 Å². The van der Waals surface area contributed by atoms with Crippen LogP contribution in [0.15, 0.2) is 18.2 Å². The standard InChI is InChI=1S/C18H29FN2/c1-13-7-9-21(15(3)11-13)10-8-18(20-4)16-6-5-14(2)17(19)12-16/h5-6,12-13,15,18,20H,7-11H2,1-4H3. The van der Waals surface area contributed by atoms with Crippen molar-refractivity contribution in [1.29, 1.82) is 0 Å². The molecule has 1 aromatic carbocycles. The molecule has 2 nitrogen and oxygen atoms in total. The topological polar surface area (TPSA) is 15.3 Å². The van der Waals surface area contributed by atoms with Gasteiger partial charge in [-0.15, -0.1) is 0 Å². The largest absolute Gasteiger partial charge is 0.313 e. The van der Waals surface area contributed by atoms with E-state index in [1.165, 1.54) is 19.4 Å². The van der Waals surface area contributed by atoms with Gasteiger partial charge in [0.15, 0.2) is 0 Å². The van der Waals surface area contributed by atoms with E-state index in [-0.39, 0.29) is 11.9 Å². The Kier molecular flexibility index (Phi) is 5.77. The molecule has 118 valence electrons. The number of nitrogens with zero attached hydrogens (tertiary/aromatic N) is 1. The molecular weight excluding hydrogens is 263 g/mol. The summed E-state index contributed by atoms with van der Waals surface area (Å²) in [4.78, 5) is 2.58. The predicted molar refractivity (Wildman–Crippen MR) is 87.0 cm³/mol. The first kappa shape index (κ1) is 16.4. The minimum absolute atomic E-state index is 0.104. The molecule has 0 aromatic heterocycles. The zero-order valence-corrected chi connectivity index (χ0v) is 13.8. The molecule has 1 fully saturated rings. The van der Waals surface area contributed by atoms with Crippen molar-refractivity contribution in [3.05, 3.63) is 35.1 Å². The molecule has 0 saturated carbocycles. The molecular formula is C18H29FN2. The summed E-state index contributed by atoms with van der Waals surface area (Å²) in [6.07, 6.45) is 3.62. The summed E-state index contributed by atoms with van der Waals surface area (Å²) in [6, 6.07) is 6.49. The van der Waals surface area contributed by atoms with Crippen LogP contribution in [-0.4, -0.2) is 31.1 Å². The first-order chi connectivity index (χ1) is 10.0. The lowest BCUT2D eigenvalue weighted by Gasteiger charge is -2.37. The number of nitrogens with one attached hydrogen (secondary N) is 1. The number of piperidine rings is 1. The van der Waals surface area contributed by atoms with E-state index in [4.69, 9.17) is 0 Å². The van der Waals surface area contributed by atoms with Crippen LogP contribution in [0.25, 0.3) is 0 Å². The summed E-state index contributed by atoms with van der Waals surface area (Å²) in [7, 11) is 1.96. The molecule has 0 bridgehead atoms. The highest BCUT2D eigenvalue weighted by molar-refractivity contribution is 5.25. The molecule has 2 rings (SSSR count). The van der Waals surface area contributed by atoms with Gasteiger partial charge in [-0.05, 0) is 69.8 Å². The molecule has 1 aliphatic rings. The first-order valence-corrected chi connectivity index (χ1v) is 8.18. The molecule has 1 heterocycles. The van der Waals surface area contributed by atoms with E-state index in [9.17, 15) is 4.39 Å². The van der Waals surface area contributed by atoms with Gasteiger partial charge in [0.2, 0.25) is 0 Å². The summed E-state index contributed by atoms with van der Waals surface area (Å²) in [5.74, 6) is 0.746. The SMILES string of the molecule is CNC(CCN1CCC(C)CC1C)c1ccc(C)c(F)c1. The van der Waals surface area contributed by atoms with Gasteiger partial charge >= 0.3 is 0 Å². The lowest BCUT2D eigenvalue weighted by Crippen LogP contribution is -2.41. The zero-order valence-electron chi connectivity index (χ0n) is 13.8. The summed E-state index contributed by atoms with van der Waals surface area (Å²) in [5, 5.41) is 3.33. The van der Waals surface area contributed by atoms with Gasteiger partial charge in [-0.2, -0.15) is 0 Å². The van der Waals surface area contributed by atoms with Crippen molar-refractivity contribution >= 4 is 0 Å². The third-order valence-corrected chi connectivity index (χ3v) is 4.93. The second-order valence-electron chi connectivity index (χ2n) is 6.65.